The van der Waals surface area contributed by atoms with Crippen molar-refractivity contribution in [3.63, 3.8) is 0 Å². The number of aliphatic hydroxyl groups is 3. The second kappa shape index (κ2) is 12.2. The Labute approximate surface area is 275 Å². The molecule has 4 aliphatic carbocycles. The van der Waals surface area contributed by atoms with Crippen LogP contribution in [0.4, 0.5) is 0 Å². The number of ether oxygens (including phenoxy) is 4. The zero-order valence-electron chi connectivity index (χ0n) is 28.4. The zero-order valence-corrected chi connectivity index (χ0v) is 28.4. The van der Waals surface area contributed by atoms with Crippen LogP contribution in [0.15, 0.2) is 11.6 Å². The molecule has 0 amide bonds. The molecule has 13 atom stereocenters. The maximum absolute atomic E-state index is 13.9. The van der Waals surface area contributed by atoms with Crippen LogP contribution in [0.25, 0.3) is 0 Å². The molecule has 1 unspecified atom stereocenters. The van der Waals surface area contributed by atoms with Gasteiger partial charge in [0.25, 0.3) is 0 Å². The lowest BCUT2D eigenvalue weighted by atomic mass is 9.45. The van der Waals surface area contributed by atoms with Gasteiger partial charge >= 0.3 is 23.9 Å². The topological polar surface area (TPSA) is 183 Å². The molecule has 262 valence electrons. The van der Waals surface area contributed by atoms with E-state index in [4.69, 9.17) is 18.9 Å². The average Bonchev–Trinajstić information content (AvgIpc) is 3.24. The summed E-state index contributed by atoms with van der Waals surface area (Å²) in [5.41, 5.74) is -4.17. The maximum atomic E-state index is 13.9. The van der Waals surface area contributed by atoms with Gasteiger partial charge in [0.15, 0.2) is 5.78 Å². The molecule has 1 aliphatic heterocycles. The van der Waals surface area contributed by atoms with E-state index in [1.807, 2.05) is 13.8 Å². The molecule has 0 radical (unpaired) electrons. The van der Waals surface area contributed by atoms with Crippen molar-refractivity contribution < 1.29 is 58.2 Å². The quantitative estimate of drug-likeness (QED) is 0.268. The van der Waals surface area contributed by atoms with Crippen LogP contribution in [-0.4, -0.2) is 87.2 Å². The van der Waals surface area contributed by atoms with Crippen LogP contribution in [0.5, 0.6) is 0 Å². The number of carbonyl (C=O) groups excluding carboxylic acids is 5. The third kappa shape index (κ3) is 5.82. The van der Waals surface area contributed by atoms with Gasteiger partial charge in [-0.25, -0.2) is 0 Å². The number of hydrogen-bond donors (Lipinski definition) is 3. The van der Waals surface area contributed by atoms with Crippen LogP contribution in [-0.2, 0) is 42.9 Å². The number of hydrogen-bond acceptors (Lipinski definition) is 12. The number of esters is 4. The van der Waals surface area contributed by atoms with Gasteiger partial charge in [-0.1, -0.05) is 20.8 Å². The van der Waals surface area contributed by atoms with Gasteiger partial charge in [0.05, 0.1) is 17.6 Å². The first-order valence-corrected chi connectivity index (χ1v) is 16.8. The largest absolute Gasteiger partial charge is 0.463 e. The molecule has 1 heterocycles. The second-order valence-electron chi connectivity index (χ2n) is 15.5. The van der Waals surface area contributed by atoms with Gasteiger partial charge in [-0.2, -0.15) is 0 Å². The fraction of sp³-hybridized carbons (Fsp3) is 0.800. The number of ketones is 1. The van der Waals surface area contributed by atoms with Crippen LogP contribution in [0.3, 0.4) is 0 Å². The summed E-state index contributed by atoms with van der Waals surface area (Å²) in [5.74, 6) is -4.96. The molecule has 0 bridgehead atoms. The number of aliphatic hydroxyl groups excluding tert-OH is 1. The van der Waals surface area contributed by atoms with Crippen molar-refractivity contribution in [1.82, 2.24) is 0 Å². The maximum Gasteiger partial charge on any atom is 0.309 e. The van der Waals surface area contributed by atoms with E-state index in [0.29, 0.717) is 24.8 Å². The summed E-state index contributed by atoms with van der Waals surface area (Å²) in [6.45, 7) is 10.7. The monoisotopic (exact) mass is 662 g/mol. The predicted molar refractivity (Wildman–Crippen MR) is 164 cm³/mol. The van der Waals surface area contributed by atoms with Crippen LogP contribution >= 0.6 is 0 Å². The van der Waals surface area contributed by atoms with Crippen molar-refractivity contribution in [3.8, 4) is 0 Å². The molecule has 1 saturated heterocycles. The van der Waals surface area contributed by atoms with Crippen molar-refractivity contribution in [2.45, 2.75) is 129 Å². The van der Waals surface area contributed by atoms with Gasteiger partial charge < -0.3 is 34.3 Å². The average molecular weight is 663 g/mol. The Bertz CT molecular complexity index is 1350. The number of allylic oxidation sites excluding steroid dienone is 1. The first kappa shape index (κ1) is 35.5. The van der Waals surface area contributed by atoms with E-state index in [0.717, 1.165) is 0 Å². The highest BCUT2D eigenvalue weighted by Crippen LogP contribution is 2.69. The summed E-state index contributed by atoms with van der Waals surface area (Å²) < 4.78 is 22.0. The van der Waals surface area contributed by atoms with Gasteiger partial charge in [0.1, 0.15) is 30.5 Å². The summed E-state index contributed by atoms with van der Waals surface area (Å²) >= 11 is 0. The fourth-order valence-corrected chi connectivity index (χ4v) is 10.3. The van der Waals surface area contributed by atoms with E-state index in [1.165, 1.54) is 20.8 Å². The molecular weight excluding hydrogens is 612 g/mol. The Morgan fingerprint density at radius 2 is 1.66 bits per heavy atom. The Morgan fingerprint density at radius 3 is 2.28 bits per heavy atom. The number of rotatable bonds is 7. The molecule has 3 saturated carbocycles. The molecular formula is C35H50O12. The SMILES string of the molecule is CC(=O)O[C@H]1C[C@@]2(C)[C@@H](C[C@H]1OC(C)=O)C(=O)C=C1[C@@H]2CC[C@]2(C)[C@@H]([C@@](C)(O)[C@@H](C[C@H]3[C@H](C)C(=O)OC[C@@H]3O)OC(C)=O)CCC12O. The highest BCUT2D eigenvalue weighted by atomic mass is 16.6. The molecule has 5 rings (SSSR count). The van der Waals surface area contributed by atoms with Gasteiger partial charge in [-0.05, 0) is 80.8 Å². The van der Waals surface area contributed by atoms with E-state index in [1.54, 1.807) is 19.9 Å². The van der Waals surface area contributed by atoms with Crippen LogP contribution in [0.1, 0.15) is 93.4 Å². The minimum absolute atomic E-state index is 0.0135. The minimum atomic E-state index is -1.67. The molecule has 3 N–H and O–H groups in total. The molecule has 0 spiro atoms. The molecule has 12 nitrogen and oxygen atoms in total. The van der Waals surface area contributed by atoms with Crippen molar-refractivity contribution in [2.24, 2.45) is 40.4 Å². The van der Waals surface area contributed by atoms with Crippen molar-refractivity contribution in [2.75, 3.05) is 6.61 Å². The zero-order chi connectivity index (χ0) is 34.9. The van der Waals surface area contributed by atoms with E-state index < -0.39 is 94.0 Å². The van der Waals surface area contributed by atoms with Gasteiger partial charge in [-0.15, -0.1) is 0 Å². The normalized spacial score (nSPS) is 43.1. The highest BCUT2D eigenvalue weighted by molar-refractivity contribution is 5.95. The lowest BCUT2D eigenvalue weighted by Crippen LogP contribution is -2.63. The number of carbonyl (C=O) groups is 5. The van der Waals surface area contributed by atoms with Crippen molar-refractivity contribution in [1.29, 1.82) is 0 Å². The smallest absolute Gasteiger partial charge is 0.309 e. The van der Waals surface area contributed by atoms with E-state index in [-0.39, 0.29) is 44.0 Å². The number of fused-ring (bicyclic) bond motifs is 5. The molecule has 4 fully saturated rings. The Kier molecular flexibility index (Phi) is 9.25. The molecule has 0 aromatic rings. The Balaban J connectivity index is 1.48. The first-order valence-electron chi connectivity index (χ1n) is 16.8. The lowest BCUT2D eigenvalue weighted by Gasteiger charge is -2.61. The number of cyclic esters (lactones) is 1. The molecule has 47 heavy (non-hydrogen) atoms. The summed E-state index contributed by atoms with van der Waals surface area (Å²) in [6.07, 6.45) is 0.113. The van der Waals surface area contributed by atoms with Gasteiger partial charge in [0.2, 0.25) is 0 Å². The minimum Gasteiger partial charge on any atom is -0.463 e. The standard InChI is InChI=1S/C35H50O12/c1-17-21(26(40)16-44-31(17)41)12-30(47-20(4)38)34(7,42)29-9-11-35(43)23-13-25(39)24-14-27(45-18(2)36)28(46-19(3)37)15-32(24,5)22(23)8-10-33(29,35)6/h13,17,21-22,24,26-30,40,42-43H,8-12,14-16H2,1-7H3/t17-,21-,22-,24-,26-,27+,28-,29-,30+,32+,33+,34+,35?/m0/s1. The van der Waals surface area contributed by atoms with E-state index in [2.05, 4.69) is 0 Å². The van der Waals surface area contributed by atoms with Gasteiger partial charge in [0, 0.05) is 38.0 Å². The van der Waals surface area contributed by atoms with E-state index >= 15 is 0 Å². The molecule has 0 aromatic carbocycles. The fourth-order valence-electron chi connectivity index (χ4n) is 10.3. The van der Waals surface area contributed by atoms with Crippen LogP contribution in [0.2, 0.25) is 0 Å². The summed E-state index contributed by atoms with van der Waals surface area (Å²) in [7, 11) is 0. The third-order valence-corrected chi connectivity index (χ3v) is 12.8. The van der Waals surface area contributed by atoms with Gasteiger partial charge in [-0.3, -0.25) is 24.0 Å². The Hall–Kier alpha value is -2.83. The van der Waals surface area contributed by atoms with Crippen LogP contribution < -0.4 is 0 Å². The molecule has 0 aromatic heterocycles. The summed E-state index contributed by atoms with van der Waals surface area (Å²) in [6, 6.07) is 0. The first-order chi connectivity index (χ1) is 21.8. The predicted octanol–water partition coefficient (Wildman–Crippen LogP) is 2.58. The highest BCUT2D eigenvalue weighted by Gasteiger charge is 2.70. The summed E-state index contributed by atoms with van der Waals surface area (Å²) in [5, 5.41) is 35.8. The van der Waals surface area contributed by atoms with E-state index in [9.17, 15) is 39.3 Å². The van der Waals surface area contributed by atoms with Crippen molar-refractivity contribution >= 4 is 29.7 Å². The van der Waals surface area contributed by atoms with Crippen molar-refractivity contribution in [3.05, 3.63) is 11.6 Å². The third-order valence-electron chi connectivity index (χ3n) is 12.8. The Morgan fingerprint density at radius 1 is 1.02 bits per heavy atom. The molecule has 12 heteroatoms. The lowest BCUT2D eigenvalue weighted by molar-refractivity contribution is -0.201. The molecule has 5 aliphatic rings. The second-order valence-corrected chi connectivity index (χ2v) is 15.5. The van der Waals surface area contributed by atoms with Crippen LogP contribution in [0, 0.1) is 40.4 Å². The summed E-state index contributed by atoms with van der Waals surface area (Å²) in [4.78, 5) is 62.5.